The van der Waals surface area contributed by atoms with Crippen molar-refractivity contribution >= 4 is 23.2 Å². The third-order valence-electron chi connectivity index (χ3n) is 3.79. The predicted molar refractivity (Wildman–Crippen MR) is 85.7 cm³/mol. The Morgan fingerprint density at radius 2 is 2.05 bits per heavy atom. The first kappa shape index (κ1) is 14.8. The van der Waals surface area contributed by atoms with Crippen molar-refractivity contribution in [2.45, 2.75) is 19.3 Å². The lowest BCUT2D eigenvalue weighted by Gasteiger charge is -2.26. The number of pyridine rings is 1. The Balaban J connectivity index is 1.86. The summed E-state index contributed by atoms with van der Waals surface area (Å²) >= 11 is 5.95. The molecule has 3 rings (SSSR count). The zero-order valence-corrected chi connectivity index (χ0v) is 13.2. The first-order valence-electron chi connectivity index (χ1n) is 7.36. The van der Waals surface area contributed by atoms with Crippen LogP contribution in [0.2, 0.25) is 5.02 Å². The Kier molecular flexibility index (Phi) is 4.29. The van der Waals surface area contributed by atoms with Gasteiger partial charge in [-0.25, -0.2) is 9.67 Å². The van der Waals surface area contributed by atoms with E-state index in [-0.39, 0.29) is 5.91 Å². The molecule has 116 valence electrons. The first-order chi connectivity index (χ1) is 10.7. The highest BCUT2D eigenvalue weighted by atomic mass is 35.5. The molecule has 2 aromatic heterocycles. The summed E-state index contributed by atoms with van der Waals surface area (Å²) in [5.74, 6) is 0.649. The summed E-state index contributed by atoms with van der Waals surface area (Å²) < 4.78 is 1.60. The van der Waals surface area contributed by atoms with Crippen molar-refractivity contribution in [2.75, 3.05) is 25.5 Å². The minimum Gasteiger partial charge on any atom is -0.385 e. The van der Waals surface area contributed by atoms with Crippen LogP contribution in [0, 0.1) is 0 Å². The topological polar surface area (TPSA) is 63.1 Å². The maximum Gasteiger partial charge on any atom is 0.257 e. The number of carbonyl (C=O) groups is 1. The number of anilines is 1. The molecule has 0 saturated carbocycles. The van der Waals surface area contributed by atoms with Gasteiger partial charge < -0.3 is 10.2 Å². The number of likely N-dealkylation sites (tertiary alicyclic amines) is 1. The molecule has 0 unspecified atom stereocenters. The van der Waals surface area contributed by atoms with Crippen LogP contribution < -0.4 is 5.32 Å². The van der Waals surface area contributed by atoms with E-state index in [0.717, 1.165) is 31.6 Å². The number of aromatic nitrogens is 3. The largest absolute Gasteiger partial charge is 0.385 e. The molecule has 1 saturated heterocycles. The number of hydrogen-bond acceptors (Lipinski definition) is 4. The molecular weight excluding hydrogens is 302 g/mol. The number of nitrogens with zero attached hydrogens (tertiary/aromatic N) is 4. The fourth-order valence-corrected chi connectivity index (χ4v) is 2.79. The van der Waals surface area contributed by atoms with Crippen molar-refractivity contribution in [1.82, 2.24) is 19.7 Å². The predicted octanol–water partition coefficient (Wildman–Crippen LogP) is 2.59. The van der Waals surface area contributed by atoms with E-state index >= 15 is 0 Å². The zero-order chi connectivity index (χ0) is 15.5. The zero-order valence-electron chi connectivity index (χ0n) is 12.4. The summed E-state index contributed by atoms with van der Waals surface area (Å²) in [5, 5.41) is 7.84. The van der Waals surface area contributed by atoms with Gasteiger partial charge in [-0.15, -0.1) is 0 Å². The Hall–Kier alpha value is -2.08. The molecule has 6 nitrogen and oxygen atoms in total. The second-order valence-corrected chi connectivity index (χ2v) is 5.74. The molecule has 1 aliphatic heterocycles. The van der Waals surface area contributed by atoms with Crippen molar-refractivity contribution in [2.24, 2.45) is 0 Å². The number of halogens is 1. The summed E-state index contributed by atoms with van der Waals surface area (Å²) in [5.41, 5.74) is 1.34. The van der Waals surface area contributed by atoms with Crippen molar-refractivity contribution in [3.63, 3.8) is 0 Å². The van der Waals surface area contributed by atoms with E-state index in [1.54, 1.807) is 36.4 Å². The molecule has 2 aromatic rings. The maximum absolute atomic E-state index is 12.5. The van der Waals surface area contributed by atoms with E-state index in [0.29, 0.717) is 16.4 Å². The lowest BCUT2D eigenvalue weighted by molar-refractivity contribution is 0.0724. The molecule has 0 bridgehead atoms. The molecule has 3 heterocycles. The molecule has 0 aromatic carbocycles. The van der Waals surface area contributed by atoms with Crippen LogP contribution in [-0.4, -0.2) is 45.7 Å². The van der Waals surface area contributed by atoms with Gasteiger partial charge in [0.25, 0.3) is 5.91 Å². The van der Waals surface area contributed by atoms with Crippen molar-refractivity contribution in [3.8, 4) is 5.82 Å². The lowest BCUT2D eigenvalue weighted by atomic mass is 10.1. The Morgan fingerprint density at radius 1 is 1.27 bits per heavy atom. The van der Waals surface area contributed by atoms with E-state index in [1.165, 1.54) is 6.42 Å². The second-order valence-electron chi connectivity index (χ2n) is 5.30. The third kappa shape index (κ3) is 2.92. The van der Waals surface area contributed by atoms with E-state index in [9.17, 15) is 4.79 Å². The van der Waals surface area contributed by atoms with Crippen LogP contribution >= 0.6 is 11.6 Å². The van der Waals surface area contributed by atoms with E-state index < -0.39 is 0 Å². The fraction of sp³-hybridized carbons (Fsp3) is 0.400. The van der Waals surface area contributed by atoms with Gasteiger partial charge in [0.05, 0.1) is 22.5 Å². The van der Waals surface area contributed by atoms with Crippen LogP contribution in [-0.2, 0) is 0 Å². The van der Waals surface area contributed by atoms with Crippen molar-refractivity contribution in [1.29, 1.82) is 0 Å². The van der Waals surface area contributed by atoms with Crippen LogP contribution in [0.5, 0.6) is 0 Å². The highest BCUT2D eigenvalue weighted by Gasteiger charge is 2.20. The minimum atomic E-state index is 0.0333. The SMILES string of the molecule is CNc1cc(Cl)cnc1-n1cc(C(=O)N2CCCCC2)cn1. The van der Waals surface area contributed by atoms with Crippen LogP contribution in [0.15, 0.2) is 24.7 Å². The molecule has 1 fully saturated rings. The Bertz CT molecular complexity index is 678. The summed E-state index contributed by atoms with van der Waals surface area (Å²) in [4.78, 5) is 18.6. The van der Waals surface area contributed by atoms with Gasteiger partial charge in [0.15, 0.2) is 5.82 Å². The highest BCUT2D eigenvalue weighted by molar-refractivity contribution is 6.30. The number of rotatable bonds is 3. The van der Waals surface area contributed by atoms with Crippen LogP contribution in [0.1, 0.15) is 29.6 Å². The highest BCUT2D eigenvalue weighted by Crippen LogP contribution is 2.21. The quantitative estimate of drug-likeness (QED) is 0.944. The van der Waals surface area contributed by atoms with Gasteiger partial charge in [0.2, 0.25) is 0 Å². The lowest BCUT2D eigenvalue weighted by Crippen LogP contribution is -2.35. The van der Waals surface area contributed by atoms with Gasteiger partial charge in [0.1, 0.15) is 0 Å². The fourth-order valence-electron chi connectivity index (χ4n) is 2.63. The Morgan fingerprint density at radius 3 is 2.77 bits per heavy atom. The van der Waals surface area contributed by atoms with Gasteiger partial charge in [-0.05, 0) is 25.3 Å². The van der Waals surface area contributed by atoms with Gasteiger partial charge in [0, 0.05) is 32.5 Å². The number of amides is 1. The molecular formula is C15H18ClN5O. The standard InChI is InChI=1S/C15H18ClN5O/c1-17-13-7-12(16)9-18-14(13)21-10-11(8-19-21)15(22)20-5-3-2-4-6-20/h7-10,17H,2-6H2,1H3. The number of carbonyl (C=O) groups excluding carboxylic acids is 1. The molecule has 1 N–H and O–H groups in total. The first-order valence-corrected chi connectivity index (χ1v) is 7.74. The normalized spacial score (nSPS) is 14.9. The van der Waals surface area contributed by atoms with Gasteiger partial charge in [-0.1, -0.05) is 11.6 Å². The van der Waals surface area contributed by atoms with E-state index in [2.05, 4.69) is 15.4 Å². The molecule has 1 aliphatic rings. The van der Waals surface area contributed by atoms with Gasteiger partial charge >= 0.3 is 0 Å². The smallest absolute Gasteiger partial charge is 0.257 e. The summed E-state index contributed by atoms with van der Waals surface area (Å²) in [6, 6.07) is 1.78. The Labute approximate surface area is 134 Å². The summed E-state index contributed by atoms with van der Waals surface area (Å²) in [7, 11) is 1.79. The van der Waals surface area contributed by atoms with Gasteiger partial charge in [-0.2, -0.15) is 5.10 Å². The van der Waals surface area contributed by atoms with Crippen LogP contribution in [0.25, 0.3) is 5.82 Å². The monoisotopic (exact) mass is 319 g/mol. The maximum atomic E-state index is 12.5. The third-order valence-corrected chi connectivity index (χ3v) is 4.00. The van der Waals surface area contributed by atoms with Gasteiger partial charge in [-0.3, -0.25) is 4.79 Å². The number of piperidine rings is 1. The number of nitrogens with one attached hydrogen (secondary N) is 1. The average Bonchev–Trinajstić information content (AvgIpc) is 3.04. The van der Waals surface area contributed by atoms with E-state index in [1.807, 2.05) is 4.90 Å². The van der Waals surface area contributed by atoms with Crippen LogP contribution in [0.3, 0.4) is 0 Å². The van der Waals surface area contributed by atoms with Crippen molar-refractivity contribution < 1.29 is 4.79 Å². The molecule has 0 atom stereocenters. The number of hydrogen-bond donors (Lipinski definition) is 1. The van der Waals surface area contributed by atoms with E-state index in [4.69, 9.17) is 11.6 Å². The minimum absolute atomic E-state index is 0.0333. The average molecular weight is 320 g/mol. The second kappa shape index (κ2) is 6.36. The molecule has 0 spiro atoms. The van der Waals surface area contributed by atoms with Crippen molar-refractivity contribution in [3.05, 3.63) is 35.2 Å². The van der Waals surface area contributed by atoms with Crippen LogP contribution in [0.4, 0.5) is 5.69 Å². The summed E-state index contributed by atoms with van der Waals surface area (Å²) in [6.45, 7) is 1.65. The molecule has 1 amide bonds. The molecule has 0 aliphatic carbocycles. The summed E-state index contributed by atoms with van der Waals surface area (Å²) in [6.07, 6.45) is 8.21. The molecule has 7 heteroatoms. The molecule has 22 heavy (non-hydrogen) atoms. The molecule has 0 radical (unpaired) electrons.